The molecule has 0 radical (unpaired) electrons. The molecule has 5 heterocycles. The number of benzene rings is 1. The van der Waals surface area contributed by atoms with Crippen molar-refractivity contribution in [1.82, 2.24) is 4.90 Å². The van der Waals surface area contributed by atoms with Crippen molar-refractivity contribution in [2.24, 2.45) is 11.8 Å². The van der Waals surface area contributed by atoms with Gasteiger partial charge in [0.25, 0.3) is 0 Å². The van der Waals surface area contributed by atoms with Crippen LogP contribution in [0.15, 0.2) is 29.8 Å². The number of ether oxygens (including phenoxy) is 1. The van der Waals surface area contributed by atoms with Gasteiger partial charge in [0, 0.05) is 31.6 Å². The summed E-state index contributed by atoms with van der Waals surface area (Å²) >= 11 is 0. The molecular weight excluding hydrogens is 312 g/mol. The first-order chi connectivity index (χ1) is 12.1. The first-order valence-corrected chi connectivity index (χ1v) is 9.49. The summed E-state index contributed by atoms with van der Waals surface area (Å²) in [5.74, 6) is 2.09. The van der Waals surface area contributed by atoms with Gasteiger partial charge in [0.2, 0.25) is 0 Å². The Labute approximate surface area is 148 Å². The van der Waals surface area contributed by atoms with Crippen LogP contribution in [0.3, 0.4) is 0 Å². The number of hydrogen-bond acceptors (Lipinski definition) is 4. The number of piperidine rings is 4. The third kappa shape index (κ3) is 1.31. The number of methoxy groups -OCH3 is 1. The number of Topliss-reactive ketones (excluding diaryl/α,β-unsaturated/α-hetero) is 1. The van der Waals surface area contributed by atoms with Gasteiger partial charge in [-0.3, -0.25) is 9.69 Å². The Hall–Kier alpha value is -1.81. The molecule has 7 atom stereocenters. The minimum Gasteiger partial charge on any atom is -0.495 e. The van der Waals surface area contributed by atoms with Crippen LogP contribution in [-0.2, 0) is 10.2 Å². The Morgan fingerprint density at radius 2 is 2.16 bits per heavy atom. The molecule has 1 aliphatic carbocycles. The van der Waals surface area contributed by atoms with Gasteiger partial charge in [0.1, 0.15) is 5.75 Å². The summed E-state index contributed by atoms with van der Waals surface area (Å²) < 4.78 is 5.67. The van der Waals surface area contributed by atoms with E-state index < -0.39 is 0 Å². The average molecular weight is 336 g/mol. The number of ketones is 1. The Morgan fingerprint density at radius 3 is 2.92 bits per heavy atom. The molecule has 0 aromatic heterocycles. The predicted octanol–water partition coefficient (Wildman–Crippen LogP) is 2.37. The highest BCUT2D eigenvalue weighted by atomic mass is 16.5. The van der Waals surface area contributed by atoms with Gasteiger partial charge in [-0.1, -0.05) is 23.8 Å². The second kappa shape index (κ2) is 4.29. The van der Waals surface area contributed by atoms with Gasteiger partial charge in [-0.25, -0.2) is 0 Å². The van der Waals surface area contributed by atoms with Crippen LogP contribution in [0.2, 0.25) is 0 Å². The number of anilines is 1. The smallest absolute Gasteiger partial charge is 0.150 e. The van der Waals surface area contributed by atoms with Crippen molar-refractivity contribution in [2.75, 3.05) is 25.6 Å². The number of hydrogen-bond donors (Lipinski definition) is 0. The van der Waals surface area contributed by atoms with Crippen LogP contribution in [0, 0.1) is 11.8 Å². The molecule has 1 aromatic rings. The highest BCUT2D eigenvalue weighted by molar-refractivity contribution is 6.02. The zero-order chi connectivity index (χ0) is 17.1. The quantitative estimate of drug-likeness (QED) is 0.737. The molecule has 130 valence electrons. The molecule has 4 saturated heterocycles. The van der Waals surface area contributed by atoms with Crippen LogP contribution < -0.4 is 9.64 Å². The van der Waals surface area contributed by atoms with E-state index in [0.29, 0.717) is 23.8 Å². The lowest BCUT2D eigenvalue weighted by Crippen LogP contribution is -2.68. The Balaban J connectivity index is 1.62. The molecule has 6 aliphatic rings. The van der Waals surface area contributed by atoms with Crippen molar-refractivity contribution in [3.63, 3.8) is 0 Å². The third-order valence-electron chi connectivity index (χ3n) is 8.02. The van der Waals surface area contributed by atoms with E-state index in [0.717, 1.165) is 30.8 Å². The highest BCUT2D eigenvalue weighted by Crippen LogP contribution is 2.67. The monoisotopic (exact) mass is 336 g/mol. The van der Waals surface area contributed by atoms with Gasteiger partial charge in [-0.2, -0.15) is 0 Å². The third-order valence-corrected chi connectivity index (χ3v) is 8.02. The fourth-order valence-electron chi connectivity index (χ4n) is 7.29. The Bertz CT molecular complexity index is 846. The maximum atomic E-state index is 13.9. The summed E-state index contributed by atoms with van der Waals surface area (Å²) in [6, 6.07) is 7.47. The molecule has 4 nitrogen and oxygen atoms in total. The van der Waals surface area contributed by atoms with Crippen molar-refractivity contribution in [3.05, 3.63) is 35.4 Å². The molecular formula is C21H24N2O2. The summed E-state index contributed by atoms with van der Waals surface area (Å²) in [6.45, 7) is 3.20. The zero-order valence-corrected chi connectivity index (χ0v) is 15.0. The molecule has 1 spiro atoms. The van der Waals surface area contributed by atoms with Gasteiger partial charge in [0.05, 0.1) is 24.3 Å². The van der Waals surface area contributed by atoms with E-state index >= 15 is 0 Å². The highest BCUT2D eigenvalue weighted by Gasteiger charge is 2.74. The predicted molar refractivity (Wildman–Crippen MR) is 96.1 cm³/mol. The molecule has 4 heteroatoms. The average Bonchev–Trinajstić information content (AvgIpc) is 3.04. The van der Waals surface area contributed by atoms with E-state index in [9.17, 15) is 4.79 Å². The number of nitrogens with zero attached hydrogens (tertiary/aromatic N) is 2. The number of allylic oxidation sites excluding steroid dienone is 1. The Kier molecular flexibility index (Phi) is 2.47. The molecule has 1 saturated carbocycles. The number of para-hydroxylation sites is 1. The fraction of sp³-hybridized carbons (Fsp3) is 0.571. The van der Waals surface area contributed by atoms with Gasteiger partial charge in [0.15, 0.2) is 5.78 Å². The first kappa shape index (κ1) is 14.4. The number of rotatable bonds is 1. The standard InChI is InChI=1S/C21H24N2O2/c1-4-11-10-23-14-8-12(11)17-15(23)9-21(20(17)24)13-6-5-7-16(25-3)18(13)22(2)19(14)21/h4-7,12,14-15,17,19H,8-10H2,1-3H3/b11-4+/t12-,14-,15-,17-,19+,21-/m1/s1. The molecule has 1 aromatic carbocycles. The number of fused-ring (bicyclic) bond motifs is 2. The second-order valence-corrected chi connectivity index (χ2v) is 8.49. The molecule has 5 aliphatic heterocycles. The molecule has 0 N–H and O–H groups in total. The van der Waals surface area contributed by atoms with Crippen LogP contribution in [0.5, 0.6) is 5.75 Å². The first-order valence-electron chi connectivity index (χ1n) is 9.49. The minimum absolute atomic E-state index is 0.201. The SMILES string of the molecule is C/C=C1\CN2[C@@H]3C[C@]45C(=O)[C@@H]3[C@@H]1C[C@@H]2[C@@H]4N(C)c1c(OC)cccc15. The van der Waals surface area contributed by atoms with Gasteiger partial charge >= 0.3 is 0 Å². The zero-order valence-electron chi connectivity index (χ0n) is 15.0. The molecule has 7 rings (SSSR count). The van der Waals surface area contributed by atoms with Crippen LogP contribution in [-0.4, -0.2) is 49.5 Å². The van der Waals surface area contributed by atoms with E-state index in [2.05, 4.69) is 42.0 Å². The second-order valence-electron chi connectivity index (χ2n) is 8.49. The summed E-state index contributed by atoms with van der Waals surface area (Å²) in [5, 5.41) is 0. The maximum Gasteiger partial charge on any atom is 0.150 e. The lowest BCUT2D eigenvalue weighted by Gasteiger charge is -2.58. The van der Waals surface area contributed by atoms with Gasteiger partial charge < -0.3 is 9.64 Å². The normalized spacial score (nSPS) is 46.8. The maximum absolute atomic E-state index is 13.9. The Morgan fingerprint density at radius 1 is 1.32 bits per heavy atom. The minimum atomic E-state index is -0.312. The van der Waals surface area contributed by atoms with Crippen molar-refractivity contribution >= 4 is 11.5 Å². The summed E-state index contributed by atoms with van der Waals surface area (Å²) in [4.78, 5) is 18.9. The van der Waals surface area contributed by atoms with Crippen molar-refractivity contribution in [3.8, 4) is 5.75 Å². The van der Waals surface area contributed by atoms with Crippen LogP contribution in [0.1, 0.15) is 25.3 Å². The summed E-state index contributed by atoms with van der Waals surface area (Å²) in [6.07, 6.45) is 4.40. The molecule has 5 bridgehead atoms. The molecule has 0 amide bonds. The molecule has 1 unspecified atom stereocenters. The van der Waals surface area contributed by atoms with Crippen molar-refractivity contribution < 1.29 is 9.53 Å². The van der Waals surface area contributed by atoms with Gasteiger partial charge in [-0.15, -0.1) is 0 Å². The van der Waals surface area contributed by atoms with E-state index in [4.69, 9.17) is 4.74 Å². The van der Waals surface area contributed by atoms with Crippen LogP contribution in [0.25, 0.3) is 0 Å². The van der Waals surface area contributed by atoms with Crippen LogP contribution in [0.4, 0.5) is 5.69 Å². The van der Waals surface area contributed by atoms with E-state index in [1.54, 1.807) is 7.11 Å². The molecule has 5 fully saturated rings. The summed E-state index contributed by atoms with van der Waals surface area (Å²) in [5.41, 5.74) is 3.56. The van der Waals surface area contributed by atoms with Crippen molar-refractivity contribution in [1.29, 1.82) is 0 Å². The summed E-state index contributed by atoms with van der Waals surface area (Å²) in [7, 11) is 3.91. The number of carbonyl (C=O) groups is 1. The van der Waals surface area contributed by atoms with Crippen molar-refractivity contribution in [2.45, 2.75) is 43.3 Å². The van der Waals surface area contributed by atoms with Gasteiger partial charge in [-0.05, 0) is 37.3 Å². The van der Waals surface area contributed by atoms with E-state index in [1.807, 2.05) is 6.07 Å². The van der Waals surface area contributed by atoms with E-state index in [-0.39, 0.29) is 17.4 Å². The fourth-order valence-corrected chi connectivity index (χ4v) is 7.29. The van der Waals surface area contributed by atoms with E-state index in [1.165, 1.54) is 11.1 Å². The largest absolute Gasteiger partial charge is 0.495 e. The van der Waals surface area contributed by atoms with Crippen LogP contribution >= 0.6 is 0 Å². The number of likely N-dealkylation sites (N-methyl/N-ethyl adjacent to an activating group) is 1. The number of carbonyl (C=O) groups excluding carboxylic acids is 1. The topological polar surface area (TPSA) is 32.8 Å². The lowest BCUT2D eigenvalue weighted by molar-refractivity contribution is -0.126. The molecule has 25 heavy (non-hydrogen) atoms. The lowest BCUT2D eigenvalue weighted by atomic mass is 9.65.